The number of piperazine rings is 1. The van der Waals surface area contributed by atoms with Crippen molar-refractivity contribution in [2.45, 2.75) is 188 Å². The van der Waals surface area contributed by atoms with Crippen LogP contribution in [0.5, 0.6) is 11.5 Å². The molecule has 522 valence electrons. The number of hydrogen-bond donors (Lipinski definition) is 14. The van der Waals surface area contributed by atoms with E-state index in [9.17, 15) is 69.3 Å². The van der Waals surface area contributed by atoms with Gasteiger partial charge in [-0.05, 0) is 130 Å². The van der Waals surface area contributed by atoms with Crippen molar-refractivity contribution < 1.29 is 78.8 Å². The van der Waals surface area contributed by atoms with E-state index < -0.39 is 152 Å². The molecule has 27 heteroatoms. The van der Waals surface area contributed by atoms with Gasteiger partial charge in [-0.2, -0.15) is 0 Å². The van der Waals surface area contributed by atoms with Gasteiger partial charge in [-0.3, -0.25) is 38.5 Å². The summed E-state index contributed by atoms with van der Waals surface area (Å²) in [5.74, 6) is -7.74. The number of β-amino-alcohol motifs (C(OH)–C–C–N with tert-alkyl or cyclic N) is 1. The predicted octanol–water partition coefficient (Wildman–Crippen LogP) is -0.886. The molecule has 3 aromatic rings. The van der Waals surface area contributed by atoms with Crippen molar-refractivity contribution in [3.8, 4) is 22.6 Å². The Morgan fingerprint density at radius 1 is 0.716 bits per heavy atom. The quantitative estimate of drug-likeness (QED) is 0.0687. The Morgan fingerprint density at radius 2 is 1.36 bits per heavy atom. The summed E-state index contributed by atoms with van der Waals surface area (Å²) >= 11 is 0. The monoisotopic (exact) mass is 1330 g/mol. The molecule has 4 heterocycles. The van der Waals surface area contributed by atoms with Gasteiger partial charge in [0, 0.05) is 95.4 Å². The van der Waals surface area contributed by atoms with Crippen molar-refractivity contribution in [2.24, 2.45) is 23.3 Å². The van der Waals surface area contributed by atoms with Crippen LogP contribution in [-0.4, -0.2) is 249 Å². The van der Waals surface area contributed by atoms with Crippen molar-refractivity contribution in [3.05, 3.63) is 77.9 Å². The minimum atomic E-state index is -2.03. The lowest BCUT2D eigenvalue weighted by Gasteiger charge is -2.49. The van der Waals surface area contributed by atoms with E-state index in [0.717, 1.165) is 78.5 Å². The molecule has 16 N–H and O–H groups in total. The molecular weight excluding hydrogens is 1230 g/mol. The number of carbonyl (C=O) groups excluding carboxylic acids is 7. The third-order valence-corrected chi connectivity index (χ3v) is 20.4. The van der Waals surface area contributed by atoms with Gasteiger partial charge in [-0.15, -0.1) is 0 Å². The van der Waals surface area contributed by atoms with Gasteiger partial charge in [0.05, 0.1) is 48.8 Å². The molecule has 9 rings (SSSR count). The van der Waals surface area contributed by atoms with E-state index in [1.165, 1.54) is 57.2 Å². The average molecular weight is 1330 g/mol. The number of nitrogens with zero attached hydrogens (tertiary/aromatic N) is 4. The van der Waals surface area contributed by atoms with Gasteiger partial charge in [0.15, 0.2) is 11.5 Å². The molecule has 0 radical (unpaired) electrons. The molecule has 0 spiro atoms. The highest BCUT2D eigenvalue weighted by Crippen LogP contribution is 2.45. The molecule has 95 heavy (non-hydrogen) atoms. The zero-order valence-electron chi connectivity index (χ0n) is 54.7. The zero-order chi connectivity index (χ0) is 68.3. The molecule has 0 aromatic heterocycles. The molecule has 27 nitrogen and oxygen atoms in total. The first kappa shape index (κ1) is 72.2. The van der Waals surface area contributed by atoms with E-state index in [1.54, 1.807) is 31.2 Å². The summed E-state index contributed by atoms with van der Waals surface area (Å²) in [6, 6.07) is 8.61. The van der Waals surface area contributed by atoms with E-state index in [4.69, 9.17) is 20.9 Å². The van der Waals surface area contributed by atoms with Crippen molar-refractivity contribution >= 4 is 47.0 Å². The lowest BCUT2D eigenvalue weighted by Crippen LogP contribution is -2.64. The maximum absolute atomic E-state index is 14.8. The number of ether oxygens (including phenoxy) is 2. The number of hydrogen-bond acceptors (Lipinski definition) is 20. The second kappa shape index (κ2) is 32.8. The van der Waals surface area contributed by atoms with Crippen LogP contribution < -0.4 is 47.7 Å². The minimum Gasteiger partial charge on any atom is -0.504 e. The van der Waals surface area contributed by atoms with Crippen LogP contribution in [-0.2, 0) is 39.9 Å². The normalized spacial score (nSPS) is 30.0. The van der Waals surface area contributed by atoms with Crippen LogP contribution >= 0.6 is 0 Å². The number of aliphatic hydroxyl groups excluding tert-OH is 6. The summed E-state index contributed by atoms with van der Waals surface area (Å²) in [6.45, 7) is 5.27. The number of amides is 7. The molecule has 4 aliphatic heterocycles. The summed E-state index contributed by atoms with van der Waals surface area (Å²) in [6.07, 6.45) is -0.198. The minimum absolute atomic E-state index is 0.0109. The fourth-order valence-electron chi connectivity index (χ4n) is 14.8. The number of phenolic OH excluding ortho intramolecular Hbond substituents is 1. The fourth-order valence-corrected chi connectivity index (χ4v) is 14.8. The smallest absolute Gasteiger partial charge is 0.251 e. The maximum Gasteiger partial charge on any atom is 0.251 e. The molecule has 3 aromatic carbocycles. The summed E-state index contributed by atoms with van der Waals surface area (Å²) in [5.41, 5.74) is 14.6. The molecule has 1 unspecified atom stereocenters. The molecule has 6 aliphatic rings. The van der Waals surface area contributed by atoms with Crippen molar-refractivity contribution in [3.63, 3.8) is 0 Å². The summed E-state index contributed by atoms with van der Waals surface area (Å²) in [4.78, 5) is 109. The number of nitrogens with two attached hydrogens (primary N) is 2. The highest BCUT2D eigenvalue weighted by molar-refractivity contribution is 6.00. The van der Waals surface area contributed by atoms with E-state index >= 15 is 0 Å². The lowest BCUT2D eigenvalue weighted by atomic mass is 9.68. The number of aromatic hydroxyl groups is 1. The number of anilines is 1. The van der Waals surface area contributed by atoms with Crippen molar-refractivity contribution in [1.29, 1.82) is 0 Å². The molecule has 2 aliphatic carbocycles. The highest BCUT2D eigenvalue weighted by atomic mass is 16.5. The van der Waals surface area contributed by atoms with Gasteiger partial charge in [-0.25, -0.2) is 0 Å². The Balaban J connectivity index is 0.925. The Hall–Kier alpha value is -7.05. The molecule has 13 atom stereocenters. The first-order valence-electron chi connectivity index (χ1n) is 33.8. The Bertz CT molecular complexity index is 3100. The van der Waals surface area contributed by atoms with Gasteiger partial charge < -0.3 is 98.0 Å². The molecule has 0 bridgehead atoms. The number of methoxy groups -OCH3 is 1. The summed E-state index contributed by atoms with van der Waals surface area (Å²) < 4.78 is 12.0. The first-order valence-corrected chi connectivity index (χ1v) is 33.8. The van der Waals surface area contributed by atoms with Crippen LogP contribution in [0.15, 0.2) is 66.7 Å². The summed E-state index contributed by atoms with van der Waals surface area (Å²) in [7, 11) is 1.91. The third-order valence-electron chi connectivity index (χ3n) is 20.4. The summed E-state index contributed by atoms with van der Waals surface area (Å²) in [5, 5.41) is 91.9. The Morgan fingerprint density at radius 3 is 2.00 bits per heavy atom. The first-order chi connectivity index (χ1) is 45.5. The average Bonchev–Trinajstić information content (AvgIpc) is 1.73. The number of aliphatic hydroxyl groups is 6. The molecule has 6 fully saturated rings. The largest absolute Gasteiger partial charge is 0.504 e. The molecular formula is C68H99N11O16. The van der Waals surface area contributed by atoms with Gasteiger partial charge in [0.1, 0.15) is 36.3 Å². The van der Waals surface area contributed by atoms with Crippen LogP contribution in [0.25, 0.3) is 11.1 Å². The van der Waals surface area contributed by atoms with Gasteiger partial charge in [0.25, 0.3) is 5.91 Å². The fraction of sp³-hybridized carbons (Fsp3) is 0.632. The zero-order valence-corrected chi connectivity index (χ0v) is 54.7. The van der Waals surface area contributed by atoms with Gasteiger partial charge in [-0.1, -0.05) is 56.5 Å². The predicted molar refractivity (Wildman–Crippen MR) is 350 cm³/mol. The molecule has 7 amide bonds. The molecule has 2 saturated carbocycles. The van der Waals surface area contributed by atoms with Crippen LogP contribution in [0.3, 0.4) is 0 Å². The standard InChI is InChI=1S/C68H99N11O16/c1-39-37-79-59(60(39)86)65(91)71-36-48(81)34-50(72-61(87)44-13-11-42(12-14-44)43-15-17-46(18-16-43)76-27-29-77(30-28-76)47-20-23-68(94-3,24-21-47)45-8-5-4-6-9-45)62(88)73-56(40(2)80)66(92)78-38-49(82)35-51(78)63(89)74-57(64(90)75-58(67(79)93)53(84)22-26-70)54(85)32-41-10-19-52(83)55(33-41)95-31-7-25-69/h10-19,33,39-40,45,47-51,53-54,56-60,80-86H,4-9,20-32,34-38,69-70H2,1-3H3,(H,71,91)(H,72,87)(H,73,88)(H,74,89)(H,75,90)/t39-,40+,47?,48+,49+,50?,51-,53+,54+,56-,57-,58-,59-,60-,68?/m0/s1. The van der Waals surface area contributed by atoms with E-state index in [-0.39, 0.29) is 60.9 Å². The Kier molecular flexibility index (Phi) is 24.9. The van der Waals surface area contributed by atoms with Crippen LogP contribution in [0, 0.1) is 11.8 Å². The SMILES string of the molecule is COC1(C2CCCCC2)CCC(N2CCN(c3ccc(-c4ccc(C(=O)NC5C[C@@H](O)CNC(=O)[C@@H]6[C@@H](O)[C@@H](C)CN6C(=O)[C@H]([C@H](O)CCN)NC(=O)[C@H]([C@H](O)Cc6ccc(O)c(OCCCN)c6)NC(=O)[C@@H]6C[C@@H](O)CN6C(=O)[C@H]([C@@H](C)O)NC5=O)cc4)cc3)CC2)CC1. The van der Waals surface area contributed by atoms with E-state index in [2.05, 4.69) is 48.5 Å². The van der Waals surface area contributed by atoms with Crippen LogP contribution in [0.1, 0.15) is 113 Å². The van der Waals surface area contributed by atoms with E-state index in [1.807, 2.05) is 19.2 Å². The Labute approximate surface area is 554 Å². The van der Waals surface area contributed by atoms with Gasteiger partial charge >= 0.3 is 0 Å². The topological polar surface area (TPSA) is 405 Å². The lowest BCUT2D eigenvalue weighted by molar-refractivity contribution is -0.147. The number of phenols is 1. The van der Waals surface area contributed by atoms with Crippen molar-refractivity contribution in [1.82, 2.24) is 41.3 Å². The number of carbonyl (C=O) groups is 7. The van der Waals surface area contributed by atoms with Gasteiger partial charge in [0.2, 0.25) is 35.4 Å². The van der Waals surface area contributed by atoms with E-state index in [0.29, 0.717) is 18.4 Å². The second-order valence-electron chi connectivity index (χ2n) is 26.9. The number of nitrogens with one attached hydrogen (secondary N) is 5. The van der Waals surface area contributed by atoms with Crippen LogP contribution in [0.2, 0.25) is 0 Å². The van der Waals surface area contributed by atoms with Crippen LogP contribution in [0.4, 0.5) is 5.69 Å². The highest BCUT2D eigenvalue weighted by Gasteiger charge is 2.50. The third kappa shape index (κ3) is 17.4. The second-order valence-corrected chi connectivity index (χ2v) is 26.9. The number of benzene rings is 3. The molecule has 4 saturated heterocycles. The number of fused-ring (bicyclic) bond motifs is 2. The van der Waals surface area contributed by atoms with Crippen molar-refractivity contribution in [2.75, 3.05) is 77.5 Å². The number of rotatable bonds is 18. The maximum atomic E-state index is 14.8.